The number of hydrogen-bond acceptors (Lipinski definition) is 4. The van der Waals surface area contributed by atoms with E-state index < -0.39 is 0 Å². The summed E-state index contributed by atoms with van der Waals surface area (Å²) in [6, 6.07) is 4.20. The van der Waals surface area contributed by atoms with Gasteiger partial charge in [-0.05, 0) is 18.9 Å². The number of fused-ring (bicyclic) bond motifs is 2. The molecule has 0 aromatic carbocycles. The van der Waals surface area contributed by atoms with Gasteiger partial charge < -0.3 is 0 Å². The Balaban J connectivity index is 2.01. The molecular weight excluding hydrogens is 232 g/mol. The van der Waals surface area contributed by atoms with E-state index in [1.54, 1.807) is 11.9 Å². The van der Waals surface area contributed by atoms with E-state index in [9.17, 15) is 4.79 Å². The predicted molar refractivity (Wildman–Crippen MR) is 70.3 cm³/mol. The smallest absolute Gasteiger partial charge is 0.142 e. The van der Waals surface area contributed by atoms with Crippen LogP contribution in [0.15, 0.2) is 18.3 Å². The van der Waals surface area contributed by atoms with Crippen molar-refractivity contribution < 1.29 is 4.79 Å². The van der Waals surface area contributed by atoms with Gasteiger partial charge >= 0.3 is 0 Å². The lowest BCUT2D eigenvalue weighted by atomic mass is 9.71. The summed E-state index contributed by atoms with van der Waals surface area (Å²) in [5, 5.41) is 0. The fourth-order valence-corrected chi connectivity index (χ4v) is 3.73. The summed E-state index contributed by atoms with van der Waals surface area (Å²) >= 11 is 1.73. The van der Waals surface area contributed by atoms with E-state index in [1.165, 1.54) is 5.56 Å². The molecule has 1 spiro atoms. The maximum absolute atomic E-state index is 11.4. The van der Waals surface area contributed by atoms with Gasteiger partial charge in [0.15, 0.2) is 0 Å². The number of Topliss-reactive ketones (excluding diaryl/α,β-unsaturated/α-hetero) is 1. The molecule has 0 amide bonds. The highest BCUT2D eigenvalue weighted by Gasteiger charge is 2.45. The lowest BCUT2D eigenvalue weighted by molar-refractivity contribution is -0.121. The number of rotatable bonds is 1. The predicted octanol–water partition coefficient (Wildman–Crippen LogP) is 2.56. The third kappa shape index (κ3) is 1.66. The molecule has 3 rings (SSSR count). The number of anilines is 1. The number of pyridine rings is 1. The van der Waals surface area contributed by atoms with Crippen molar-refractivity contribution in [3.8, 4) is 0 Å². The monoisotopic (exact) mass is 248 g/mol. The Kier molecular flexibility index (Phi) is 2.62. The quantitative estimate of drug-likeness (QED) is 0.715. The van der Waals surface area contributed by atoms with Gasteiger partial charge in [0.2, 0.25) is 0 Å². The van der Waals surface area contributed by atoms with Crippen LogP contribution in [-0.4, -0.2) is 23.6 Å². The third-order valence-electron chi connectivity index (χ3n) is 4.03. The van der Waals surface area contributed by atoms with Crippen molar-refractivity contribution in [3.63, 3.8) is 0 Å². The Morgan fingerprint density at radius 1 is 1.41 bits per heavy atom. The van der Waals surface area contributed by atoms with Gasteiger partial charge in [-0.25, -0.2) is 4.98 Å². The summed E-state index contributed by atoms with van der Waals surface area (Å²) in [4.78, 5) is 15.9. The molecule has 1 aromatic rings. The molecule has 1 aliphatic heterocycles. The van der Waals surface area contributed by atoms with Crippen LogP contribution in [0.4, 0.5) is 5.82 Å². The minimum absolute atomic E-state index is 0.181. The molecule has 0 radical (unpaired) electrons. The third-order valence-corrected chi connectivity index (χ3v) is 4.77. The van der Waals surface area contributed by atoms with Gasteiger partial charge in [-0.15, -0.1) is 0 Å². The van der Waals surface area contributed by atoms with E-state index in [0.29, 0.717) is 5.78 Å². The molecule has 2 heterocycles. The first-order valence-electron chi connectivity index (χ1n) is 6.04. The molecule has 17 heavy (non-hydrogen) atoms. The van der Waals surface area contributed by atoms with E-state index in [4.69, 9.17) is 0 Å². The van der Waals surface area contributed by atoms with E-state index in [-0.39, 0.29) is 5.41 Å². The lowest BCUT2D eigenvalue weighted by Gasteiger charge is -2.33. The molecular formula is C13H16N2OS. The van der Waals surface area contributed by atoms with Gasteiger partial charge in [-0.1, -0.05) is 18.0 Å². The number of ketones is 1. The van der Waals surface area contributed by atoms with Crippen molar-refractivity contribution in [2.75, 3.05) is 17.1 Å². The first-order chi connectivity index (χ1) is 8.25. The molecule has 1 saturated carbocycles. The zero-order chi connectivity index (χ0) is 11.9. The SMILES string of the molecule is CSN1CC2(CCC(=O)CC2)c2cccnc21. The molecule has 0 bridgehead atoms. The molecule has 0 saturated heterocycles. The van der Waals surface area contributed by atoms with Crippen LogP contribution in [-0.2, 0) is 10.2 Å². The van der Waals surface area contributed by atoms with Crippen LogP contribution in [0.3, 0.4) is 0 Å². The summed E-state index contributed by atoms with van der Waals surface area (Å²) in [6.45, 7) is 1.01. The van der Waals surface area contributed by atoms with Crippen LogP contribution in [0.25, 0.3) is 0 Å². The normalized spacial score (nSPS) is 21.9. The Labute approximate surface area is 106 Å². The lowest BCUT2D eigenvalue weighted by Crippen LogP contribution is -2.35. The summed E-state index contributed by atoms with van der Waals surface area (Å²) in [5.74, 6) is 1.53. The highest BCUT2D eigenvalue weighted by atomic mass is 32.2. The van der Waals surface area contributed by atoms with Crippen molar-refractivity contribution >= 4 is 23.5 Å². The van der Waals surface area contributed by atoms with Crippen LogP contribution in [0.5, 0.6) is 0 Å². The molecule has 4 heteroatoms. The number of carbonyl (C=O) groups is 1. The van der Waals surface area contributed by atoms with Crippen LogP contribution in [0.2, 0.25) is 0 Å². The molecule has 1 fully saturated rings. The maximum Gasteiger partial charge on any atom is 0.142 e. The second kappa shape index (κ2) is 4.02. The zero-order valence-corrected chi connectivity index (χ0v) is 10.8. The molecule has 1 aromatic heterocycles. The number of aromatic nitrogens is 1. The van der Waals surface area contributed by atoms with Gasteiger partial charge in [0, 0.05) is 42.8 Å². The Morgan fingerprint density at radius 2 is 2.18 bits per heavy atom. The number of nitrogens with zero attached hydrogens (tertiary/aromatic N) is 2. The average molecular weight is 248 g/mol. The van der Waals surface area contributed by atoms with Crippen LogP contribution >= 0.6 is 11.9 Å². The van der Waals surface area contributed by atoms with Gasteiger partial charge in [-0.3, -0.25) is 9.10 Å². The van der Waals surface area contributed by atoms with Crippen LogP contribution < -0.4 is 4.31 Å². The summed E-state index contributed by atoms with van der Waals surface area (Å²) in [5.41, 5.74) is 1.53. The zero-order valence-electron chi connectivity index (χ0n) is 9.98. The fraction of sp³-hybridized carbons (Fsp3) is 0.538. The highest BCUT2D eigenvalue weighted by molar-refractivity contribution is 8.00. The van der Waals surface area contributed by atoms with Gasteiger partial charge in [0.25, 0.3) is 0 Å². The van der Waals surface area contributed by atoms with Crippen LogP contribution in [0, 0.1) is 0 Å². The molecule has 2 aliphatic rings. The standard InChI is InChI=1S/C13H16N2OS/c1-17-15-9-13(6-4-10(16)5-7-13)11-3-2-8-14-12(11)15/h2-3,8H,4-7,9H2,1H3. The van der Waals surface area contributed by atoms with Gasteiger partial charge in [0.05, 0.1) is 0 Å². The molecule has 0 atom stereocenters. The van der Waals surface area contributed by atoms with E-state index in [0.717, 1.165) is 38.0 Å². The number of hydrogen-bond donors (Lipinski definition) is 0. The summed E-state index contributed by atoms with van der Waals surface area (Å²) < 4.78 is 2.27. The average Bonchev–Trinajstić information content (AvgIpc) is 2.68. The fourth-order valence-electron chi connectivity index (χ4n) is 3.03. The maximum atomic E-state index is 11.4. The Morgan fingerprint density at radius 3 is 2.88 bits per heavy atom. The van der Waals surface area contributed by atoms with Crippen molar-refractivity contribution in [1.82, 2.24) is 4.98 Å². The summed E-state index contributed by atoms with van der Waals surface area (Å²) in [6.07, 6.45) is 7.39. The van der Waals surface area contributed by atoms with E-state index in [1.807, 2.05) is 12.3 Å². The first-order valence-corrected chi connectivity index (χ1v) is 7.22. The van der Waals surface area contributed by atoms with Gasteiger partial charge in [-0.2, -0.15) is 0 Å². The Hall–Kier alpha value is -1.03. The first kappa shape index (κ1) is 11.1. The summed E-state index contributed by atoms with van der Waals surface area (Å²) in [7, 11) is 0. The molecule has 0 unspecified atom stereocenters. The Bertz CT molecular complexity index is 450. The number of carbonyl (C=O) groups excluding carboxylic acids is 1. The van der Waals surface area contributed by atoms with Crippen LogP contribution in [0.1, 0.15) is 31.2 Å². The molecule has 1 aliphatic carbocycles. The van der Waals surface area contributed by atoms with Gasteiger partial charge in [0.1, 0.15) is 11.6 Å². The minimum atomic E-state index is 0.181. The molecule has 0 N–H and O–H groups in total. The largest absolute Gasteiger partial charge is 0.300 e. The van der Waals surface area contributed by atoms with E-state index in [2.05, 4.69) is 21.6 Å². The van der Waals surface area contributed by atoms with Crippen molar-refractivity contribution in [2.45, 2.75) is 31.1 Å². The minimum Gasteiger partial charge on any atom is -0.300 e. The van der Waals surface area contributed by atoms with E-state index >= 15 is 0 Å². The van der Waals surface area contributed by atoms with Crippen molar-refractivity contribution in [2.24, 2.45) is 0 Å². The topological polar surface area (TPSA) is 33.2 Å². The highest BCUT2D eigenvalue weighted by Crippen LogP contribution is 2.49. The van der Waals surface area contributed by atoms with Crippen molar-refractivity contribution in [1.29, 1.82) is 0 Å². The second-order valence-electron chi connectivity index (χ2n) is 4.91. The molecule has 3 nitrogen and oxygen atoms in total. The molecule has 90 valence electrons. The second-order valence-corrected chi connectivity index (χ2v) is 5.72. The van der Waals surface area contributed by atoms with Crippen molar-refractivity contribution in [3.05, 3.63) is 23.9 Å².